The highest BCUT2D eigenvalue weighted by Gasteiger charge is 2.34. The lowest BCUT2D eigenvalue weighted by Crippen LogP contribution is -2.46. The maximum absolute atomic E-state index is 12.3. The Labute approximate surface area is 125 Å². The number of carboxylic acid groups (broad SMARTS) is 1. The first-order valence-corrected chi connectivity index (χ1v) is 7.41. The van der Waals surface area contributed by atoms with Gasteiger partial charge in [0, 0.05) is 19.1 Å². The predicted octanol–water partition coefficient (Wildman–Crippen LogP) is 2.47. The van der Waals surface area contributed by atoms with E-state index in [4.69, 9.17) is 5.11 Å². The molecule has 1 saturated carbocycles. The van der Waals surface area contributed by atoms with Crippen LogP contribution in [0.3, 0.4) is 0 Å². The Bertz CT molecular complexity index is 486. The van der Waals surface area contributed by atoms with Crippen LogP contribution in [0.5, 0.6) is 0 Å². The van der Waals surface area contributed by atoms with Crippen LogP contribution in [0.2, 0.25) is 0 Å². The van der Waals surface area contributed by atoms with Gasteiger partial charge in [0.2, 0.25) is 0 Å². The minimum absolute atomic E-state index is 0.000696. The standard InChI is InChI=1S/C16H22N2O3/c1-2-18(11-12-6-4-3-5-7-12)16(21)17-14(10-15(19)20)13-8-9-13/h3-7,13-14H,2,8-11H2,1H3,(H,17,21)(H,19,20). The van der Waals surface area contributed by atoms with Gasteiger partial charge in [-0.15, -0.1) is 0 Å². The Morgan fingerprint density at radius 2 is 2.00 bits per heavy atom. The largest absolute Gasteiger partial charge is 0.481 e. The van der Waals surface area contributed by atoms with Gasteiger partial charge in [0.05, 0.1) is 6.42 Å². The van der Waals surface area contributed by atoms with Gasteiger partial charge < -0.3 is 15.3 Å². The summed E-state index contributed by atoms with van der Waals surface area (Å²) in [7, 11) is 0. The molecule has 0 radical (unpaired) electrons. The number of rotatable bonds is 7. The Kier molecular flexibility index (Phi) is 5.20. The van der Waals surface area contributed by atoms with E-state index in [1.54, 1.807) is 4.90 Å². The molecule has 0 heterocycles. The molecule has 0 aromatic heterocycles. The van der Waals surface area contributed by atoms with Gasteiger partial charge in [0.15, 0.2) is 0 Å². The number of benzene rings is 1. The first kappa shape index (κ1) is 15.4. The van der Waals surface area contributed by atoms with Crippen molar-refractivity contribution in [1.29, 1.82) is 0 Å². The highest BCUT2D eigenvalue weighted by molar-refractivity contribution is 5.76. The summed E-state index contributed by atoms with van der Waals surface area (Å²) in [5.74, 6) is -0.543. The second-order valence-electron chi connectivity index (χ2n) is 5.49. The number of nitrogens with one attached hydrogen (secondary N) is 1. The molecule has 1 aliphatic rings. The summed E-state index contributed by atoms with van der Waals surface area (Å²) in [6, 6.07) is 9.35. The highest BCUT2D eigenvalue weighted by Crippen LogP contribution is 2.34. The molecule has 5 nitrogen and oxygen atoms in total. The molecule has 2 N–H and O–H groups in total. The lowest BCUT2D eigenvalue weighted by Gasteiger charge is -2.25. The molecule has 1 aromatic rings. The number of carboxylic acids is 1. The third-order valence-electron chi connectivity index (χ3n) is 3.78. The van der Waals surface area contributed by atoms with Crippen molar-refractivity contribution < 1.29 is 14.7 Å². The first-order valence-electron chi connectivity index (χ1n) is 7.41. The van der Waals surface area contributed by atoms with Crippen molar-refractivity contribution in [1.82, 2.24) is 10.2 Å². The molecule has 1 unspecified atom stereocenters. The fourth-order valence-electron chi connectivity index (χ4n) is 2.40. The summed E-state index contributed by atoms with van der Waals surface area (Å²) in [6.07, 6.45) is 2.01. The number of aliphatic carboxylic acids is 1. The molecule has 0 bridgehead atoms. The number of carbonyl (C=O) groups excluding carboxylic acids is 1. The van der Waals surface area contributed by atoms with E-state index < -0.39 is 5.97 Å². The molecular weight excluding hydrogens is 268 g/mol. The molecule has 2 amide bonds. The average molecular weight is 290 g/mol. The fraction of sp³-hybridized carbons (Fsp3) is 0.500. The second kappa shape index (κ2) is 7.11. The van der Waals surface area contributed by atoms with Crippen LogP contribution in [0.1, 0.15) is 31.7 Å². The fourth-order valence-corrected chi connectivity index (χ4v) is 2.40. The topological polar surface area (TPSA) is 69.6 Å². The van der Waals surface area contributed by atoms with Crippen molar-refractivity contribution in [3.63, 3.8) is 0 Å². The number of hydrogen-bond donors (Lipinski definition) is 2. The average Bonchev–Trinajstić information content (AvgIpc) is 3.29. The third-order valence-corrected chi connectivity index (χ3v) is 3.78. The van der Waals surface area contributed by atoms with Gasteiger partial charge in [0.25, 0.3) is 0 Å². The van der Waals surface area contributed by atoms with Crippen LogP contribution in [0.25, 0.3) is 0 Å². The van der Waals surface area contributed by atoms with Crippen LogP contribution in [0, 0.1) is 5.92 Å². The number of urea groups is 1. The SMILES string of the molecule is CCN(Cc1ccccc1)C(=O)NC(CC(=O)O)C1CC1. The van der Waals surface area contributed by atoms with E-state index in [9.17, 15) is 9.59 Å². The monoisotopic (exact) mass is 290 g/mol. The molecule has 21 heavy (non-hydrogen) atoms. The van der Waals surface area contributed by atoms with E-state index in [1.165, 1.54) is 0 Å². The van der Waals surface area contributed by atoms with Crippen molar-refractivity contribution in [3.05, 3.63) is 35.9 Å². The Balaban J connectivity index is 1.93. The second-order valence-corrected chi connectivity index (χ2v) is 5.49. The summed E-state index contributed by atoms with van der Waals surface area (Å²) < 4.78 is 0. The van der Waals surface area contributed by atoms with Crippen LogP contribution in [0.15, 0.2) is 30.3 Å². The lowest BCUT2D eigenvalue weighted by molar-refractivity contribution is -0.137. The van der Waals surface area contributed by atoms with E-state index in [-0.39, 0.29) is 18.5 Å². The first-order chi connectivity index (χ1) is 10.1. The summed E-state index contributed by atoms with van der Waals surface area (Å²) >= 11 is 0. The minimum Gasteiger partial charge on any atom is -0.481 e. The number of nitrogens with zero attached hydrogens (tertiary/aromatic N) is 1. The Hall–Kier alpha value is -2.04. The molecule has 1 atom stereocenters. The molecular formula is C16H22N2O3. The van der Waals surface area contributed by atoms with Crippen molar-refractivity contribution in [2.75, 3.05) is 6.54 Å². The molecule has 1 fully saturated rings. The van der Waals surface area contributed by atoms with Gasteiger partial charge >= 0.3 is 12.0 Å². The summed E-state index contributed by atoms with van der Waals surface area (Å²) in [4.78, 5) is 24.9. The van der Waals surface area contributed by atoms with Crippen molar-refractivity contribution in [3.8, 4) is 0 Å². The molecule has 1 aliphatic carbocycles. The van der Waals surface area contributed by atoms with Crippen LogP contribution in [-0.4, -0.2) is 34.6 Å². The summed E-state index contributed by atoms with van der Waals surface area (Å²) in [5, 5.41) is 11.8. The van der Waals surface area contributed by atoms with Gasteiger partial charge in [0.1, 0.15) is 0 Å². The van der Waals surface area contributed by atoms with Crippen LogP contribution in [-0.2, 0) is 11.3 Å². The van der Waals surface area contributed by atoms with Gasteiger partial charge in [-0.05, 0) is 31.2 Å². The van der Waals surface area contributed by atoms with E-state index >= 15 is 0 Å². The Morgan fingerprint density at radius 3 is 2.52 bits per heavy atom. The van der Waals surface area contributed by atoms with E-state index in [0.29, 0.717) is 19.0 Å². The molecule has 0 spiro atoms. The van der Waals surface area contributed by atoms with Crippen LogP contribution in [0.4, 0.5) is 4.79 Å². The van der Waals surface area contributed by atoms with Gasteiger partial charge in [-0.2, -0.15) is 0 Å². The molecule has 5 heteroatoms. The van der Waals surface area contributed by atoms with Crippen LogP contribution >= 0.6 is 0 Å². The van der Waals surface area contributed by atoms with E-state index in [2.05, 4.69) is 5.32 Å². The normalized spacial score (nSPS) is 15.3. The van der Waals surface area contributed by atoms with Crippen LogP contribution < -0.4 is 5.32 Å². The third kappa shape index (κ3) is 4.77. The smallest absolute Gasteiger partial charge is 0.317 e. The van der Waals surface area contributed by atoms with Gasteiger partial charge in [-0.1, -0.05) is 30.3 Å². The van der Waals surface area contributed by atoms with Gasteiger partial charge in [-0.25, -0.2) is 4.79 Å². The highest BCUT2D eigenvalue weighted by atomic mass is 16.4. The predicted molar refractivity (Wildman–Crippen MR) is 79.8 cm³/mol. The molecule has 114 valence electrons. The summed E-state index contributed by atoms with van der Waals surface area (Å²) in [6.45, 7) is 3.05. The minimum atomic E-state index is -0.863. The molecule has 1 aromatic carbocycles. The maximum Gasteiger partial charge on any atom is 0.317 e. The van der Waals surface area contributed by atoms with Crippen molar-refractivity contribution >= 4 is 12.0 Å². The lowest BCUT2D eigenvalue weighted by atomic mass is 10.1. The van der Waals surface area contributed by atoms with Gasteiger partial charge in [-0.3, -0.25) is 4.79 Å². The number of carbonyl (C=O) groups is 2. The maximum atomic E-state index is 12.3. The Morgan fingerprint density at radius 1 is 1.33 bits per heavy atom. The molecule has 0 aliphatic heterocycles. The quantitative estimate of drug-likeness (QED) is 0.810. The zero-order valence-electron chi connectivity index (χ0n) is 12.3. The number of amides is 2. The van der Waals surface area contributed by atoms with E-state index in [1.807, 2.05) is 37.3 Å². The zero-order chi connectivity index (χ0) is 15.2. The molecule has 0 saturated heterocycles. The van der Waals surface area contributed by atoms with Crippen molar-refractivity contribution in [2.45, 2.75) is 38.8 Å². The van der Waals surface area contributed by atoms with Crippen molar-refractivity contribution in [2.24, 2.45) is 5.92 Å². The molecule has 2 rings (SSSR count). The summed E-state index contributed by atoms with van der Waals surface area (Å²) in [5.41, 5.74) is 1.07. The zero-order valence-corrected chi connectivity index (χ0v) is 12.3. The van der Waals surface area contributed by atoms with E-state index in [0.717, 1.165) is 18.4 Å². The number of hydrogen-bond acceptors (Lipinski definition) is 2.